The lowest BCUT2D eigenvalue weighted by Gasteiger charge is -2.42. The molecule has 0 radical (unpaired) electrons. The second-order valence-electron chi connectivity index (χ2n) is 6.00. The zero-order valence-corrected chi connectivity index (χ0v) is 14.6. The number of halogens is 1. The average Bonchev–Trinajstić information content (AvgIpc) is 2.49. The lowest BCUT2D eigenvalue weighted by atomic mass is 9.74. The summed E-state index contributed by atoms with van der Waals surface area (Å²) in [5, 5.41) is 3.21. The first-order chi connectivity index (χ1) is 9.64. The second kappa shape index (κ2) is 6.95. The van der Waals surface area contributed by atoms with Gasteiger partial charge in [0.25, 0.3) is 0 Å². The van der Waals surface area contributed by atoms with Crippen molar-refractivity contribution in [1.29, 1.82) is 0 Å². The summed E-state index contributed by atoms with van der Waals surface area (Å²) in [5.74, 6) is 0. The highest BCUT2D eigenvalue weighted by atomic mass is 79.9. The van der Waals surface area contributed by atoms with Gasteiger partial charge < -0.3 is 10.2 Å². The third-order valence-corrected chi connectivity index (χ3v) is 5.83. The van der Waals surface area contributed by atoms with E-state index in [0.29, 0.717) is 5.41 Å². The molecule has 2 rings (SSSR count). The number of nitrogens with one attached hydrogen (secondary N) is 1. The number of rotatable bonds is 5. The molecule has 1 aromatic carbocycles. The van der Waals surface area contributed by atoms with Crippen molar-refractivity contribution in [2.45, 2.75) is 46.1 Å². The number of anilines is 1. The summed E-state index contributed by atoms with van der Waals surface area (Å²) in [6.07, 6.45) is 5.30. The van der Waals surface area contributed by atoms with Gasteiger partial charge in [-0.15, -0.1) is 0 Å². The van der Waals surface area contributed by atoms with Crippen molar-refractivity contribution in [1.82, 2.24) is 5.32 Å². The monoisotopic (exact) mass is 338 g/mol. The van der Waals surface area contributed by atoms with Gasteiger partial charge in [-0.2, -0.15) is 0 Å². The van der Waals surface area contributed by atoms with E-state index >= 15 is 0 Å². The third-order valence-electron chi connectivity index (χ3n) is 5.09. The van der Waals surface area contributed by atoms with Gasteiger partial charge in [-0.05, 0) is 43.0 Å². The Hall–Kier alpha value is -0.540. The van der Waals surface area contributed by atoms with E-state index < -0.39 is 0 Å². The molecule has 0 bridgehead atoms. The SMILES string of the molecule is CCC1(CC)CCN(c2ccc(CNC)c(Br)c2)CC1. The maximum atomic E-state index is 3.70. The average molecular weight is 339 g/mol. The molecule has 20 heavy (non-hydrogen) atoms. The first-order valence-electron chi connectivity index (χ1n) is 7.82. The fourth-order valence-corrected chi connectivity index (χ4v) is 3.77. The maximum absolute atomic E-state index is 3.70. The molecule has 1 heterocycles. The maximum Gasteiger partial charge on any atom is 0.0377 e. The quantitative estimate of drug-likeness (QED) is 0.845. The Balaban J connectivity index is 2.05. The van der Waals surface area contributed by atoms with Crippen molar-refractivity contribution < 1.29 is 0 Å². The van der Waals surface area contributed by atoms with Gasteiger partial charge in [0.1, 0.15) is 0 Å². The molecule has 1 aliphatic heterocycles. The molecule has 0 aromatic heterocycles. The molecule has 1 aromatic rings. The van der Waals surface area contributed by atoms with E-state index in [4.69, 9.17) is 0 Å². The lowest BCUT2D eigenvalue weighted by Crippen LogP contribution is -2.39. The summed E-state index contributed by atoms with van der Waals surface area (Å²) in [5.41, 5.74) is 3.28. The summed E-state index contributed by atoms with van der Waals surface area (Å²) in [6, 6.07) is 6.78. The molecule has 1 fully saturated rings. The van der Waals surface area contributed by atoms with E-state index in [1.54, 1.807) is 0 Å². The van der Waals surface area contributed by atoms with Gasteiger partial charge in [0, 0.05) is 29.8 Å². The highest BCUT2D eigenvalue weighted by Crippen LogP contribution is 2.39. The number of hydrogen-bond acceptors (Lipinski definition) is 2. The van der Waals surface area contributed by atoms with Gasteiger partial charge in [-0.3, -0.25) is 0 Å². The minimum absolute atomic E-state index is 0.597. The van der Waals surface area contributed by atoms with Crippen LogP contribution in [-0.4, -0.2) is 20.1 Å². The van der Waals surface area contributed by atoms with Gasteiger partial charge in [-0.1, -0.05) is 48.7 Å². The number of nitrogens with zero attached hydrogens (tertiary/aromatic N) is 1. The largest absolute Gasteiger partial charge is 0.371 e. The zero-order chi connectivity index (χ0) is 14.6. The van der Waals surface area contributed by atoms with Crippen LogP contribution in [0.15, 0.2) is 22.7 Å². The zero-order valence-electron chi connectivity index (χ0n) is 13.0. The fourth-order valence-electron chi connectivity index (χ4n) is 3.26. The van der Waals surface area contributed by atoms with Crippen LogP contribution in [0, 0.1) is 5.41 Å². The number of hydrogen-bond donors (Lipinski definition) is 1. The standard InChI is InChI=1S/C17H27BrN2/c1-4-17(5-2)8-10-20(11-9-17)15-7-6-14(13-19-3)16(18)12-15/h6-7,12,19H,4-5,8-11,13H2,1-3H3. The van der Waals surface area contributed by atoms with Crippen LogP contribution < -0.4 is 10.2 Å². The first-order valence-corrected chi connectivity index (χ1v) is 8.61. The summed E-state index contributed by atoms with van der Waals surface area (Å²) in [7, 11) is 1.99. The summed E-state index contributed by atoms with van der Waals surface area (Å²) < 4.78 is 1.21. The predicted molar refractivity (Wildman–Crippen MR) is 91.4 cm³/mol. The Morgan fingerprint density at radius 3 is 2.35 bits per heavy atom. The van der Waals surface area contributed by atoms with E-state index in [-0.39, 0.29) is 0 Å². The molecule has 3 heteroatoms. The van der Waals surface area contributed by atoms with Crippen molar-refractivity contribution in [2.75, 3.05) is 25.0 Å². The second-order valence-corrected chi connectivity index (χ2v) is 6.85. The minimum atomic E-state index is 0.597. The molecule has 0 saturated carbocycles. The highest BCUT2D eigenvalue weighted by molar-refractivity contribution is 9.10. The highest BCUT2D eigenvalue weighted by Gasteiger charge is 2.31. The molecule has 0 spiro atoms. The molecular formula is C17H27BrN2. The van der Waals surface area contributed by atoms with E-state index in [9.17, 15) is 0 Å². The number of piperidine rings is 1. The van der Waals surface area contributed by atoms with Crippen LogP contribution >= 0.6 is 15.9 Å². The first kappa shape index (κ1) is 15.8. The van der Waals surface area contributed by atoms with E-state index in [1.807, 2.05) is 7.05 Å². The molecule has 0 unspecified atom stereocenters. The Morgan fingerprint density at radius 1 is 1.20 bits per heavy atom. The smallest absolute Gasteiger partial charge is 0.0377 e. The van der Waals surface area contributed by atoms with Crippen molar-refractivity contribution in [3.8, 4) is 0 Å². The van der Waals surface area contributed by atoms with Crippen LogP contribution in [0.25, 0.3) is 0 Å². The molecule has 0 aliphatic carbocycles. The summed E-state index contributed by atoms with van der Waals surface area (Å²) in [4.78, 5) is 2.54. The topological polar surface area (TPSA) is 15.3 Å². The Bertz CT molecular complexity index is 431. The van der Waals surface area contributed by atoms with Crippen LogP contribution in [-0.2, 0) is 6.54 Å². The van der Waals surface area contributed by atoms with Gasteiger partial charge in [0.05, 0.1) is 0 Å². The molecular weight excluding hydrogens is 312 g/mol. The van der Waals surface area contributed by atoms with Crippen LogP contribution in [0.4, 0.5) is 5.69 Å². The molecule has 2 nitrogen and oxygen atoms in total. The predicted octanol–water partition coefficient (Wildman–Crippen LogP) is 4.58. The van der Waals surface area contributed by atoms with Crippen molar-refractivity contribution >= 4 is 21.6 Å². The van der Waals surface area contributed by atoms with Crippen molar-refractivity contribution in [3.05, 3.63) is 28.2 Å². The molecule has 0 atom stereocenters. The molecule has 112 valence electrons. The third kappa shape index (κ3) is 3.37. The van der Waals surface area contributed by atoms with E-state index in [2.05, 4.69) is 58.2 Å². The molecule has 1 saturated heterocycles. The van der Waals surface area contributed by atoms with Gasteiger partial charge in [-0.25, -0.2) is 0 Å². The van der Waals surface area contributed by atoms with E-state index in [0.717, 1.165) is 6.54 Å². The fraction of sp³-hybridized carbons (Fsp3) is 0.647. The minimum Gasteiger partial charge on any atom is -0.371 e. The van der Waals surface area contributed by atoms with E-state index in [1.165, 1.54) is 54.5 Å². The normalized spacial score (nSPS) is 18.3. The van der Waals surface area contributed by atoms with Gasteiger partial charge >= 0.3 is 0 Å². The van der Waals surface area contributed by atoms with Gasteiger partial charge in [0.15, 0.2) is 0 Å². The number of benzene rings is 1. The van der Waals surface area contributed by atoms with Crippen molar-refractivity contribution in [3.63, 3.8) is 0 Å². The molecule has 0 amide bonds. The summed E-state index contributed by atoms with van der Waals surface area (Å²) >= 11 is 3.70. The van der Waals surface area contributed by atoms with Crippen LogP contribution in [0.2, 0.25) is 0 Å². The van der Waals surface area contributed by atoms with Crippen LogP contribution in [0.1, 0.15) is 45.1 Å². The molecule has 1 aliphatic rings. The van der Waals surface area contributed by atoms with Crippen LogP contribution in [0.5, 0.6) is 0 Å². The summed E-state index contributed by atoms with van der Waals surface area (Å²) in [6.45, 7) is 8.00. The van der Waals surface area contributed by atoms with Crippen molar-refractivity contribution in [2.24, 2.45) is 5.41 Å². The Morgan fingerprint density at radius 2 is 1.85 bits per heavy atom. The van der Waals surface area contributed by atoms with Gasteiger partial charge in [0.2, 0.25) is 0 Å². The Labute approximate surface area is 132 Å². The van der Waals surface area contributed by atoms with Crippen LogP contribution in [0.3, 0.4) is 0 Å². The molecule has 1 N–H and O–H groups in total. The Kier molecular flexibility index (Phi) is 5.50. The lowest BCUT2D eigenvalue weighted by molar-refractivity contribution is 0.199.